The summed E-state index contributed by atoms with van der Waals surface area (Å²) >= 11 is 0. The highest BCUT2D eigenvalue weighted by molar-refractivity contribution is 5.80. The molecule has 3 heteroatoms. The first-order valence-corrected chi connectivity index (χ1v) is 7.35. The van der Waals surface area contributed by atoms with Gasteiger partial charge < -0.3 is 10.1 Å². The van der Waals surface area contributed by atoms with Crippen LogP contribution in [-0.4, -0.2) is 19.1 Å². The van der Waals surface area contributed by atoms with Crippen LogP contribution in [0.25, 0.3) is 0 Å². The number of amides is 1. The first kappa shape index (κ1) is 11.3. The van der Waals surface area contributed by atoms with Gasteiger partial charge in [0.1, 0.15) is 5.75 Å². The highest BCUT2D eigenvalue weighted by Crippen LogP contribution is 2.50. The number of benzene rings is 1. The molecular formula is C16H19NO2. The van der Waals surface area contributed by atoms with Gasteiger partial charge in [-0.25, -0.2) is 0 Å². The normalized spacial score (nSPS) is 27.6. The third-order valence-corrected chi connectivity index (χ3v) is 4.59. The number of rotatable bonds is 4. The molecule has 3 aliphatic rings. The van der Waals surface area contributed by atoms with Crippen molar-refractivity contribution in [1.82, 2.24) is 5.32 Å². The highest BCUT2D eigenvalue weighted by Gasteiger charge is 2.41. The number of ether oxygens (including phenoxy) is 1. The Labute approximate surface area is 113 Å². The van der Waals surface area contributed by atoms with Gasteiger partial charge in [-0.1, -0.05) is 12.1 Å². The maximum absolute atomic E-state index is 11.6. The summed E-state index contributed by atoms with van der Waals surface area (Å²) < 4.78 is 5.62. The van der Waals surface area contributed by atoms with Crippen molar-refractivity contribution in [2.24, 2.45) is 11.8 Å². The number of hydrogen-bond donors (Lipinski definition) is 1. The van der Waals surface area contributed by atoms with E-state index in [-0.39, 0.29) is 5.91 Å². The number of fused-ring (bicyclic) bond motifs is 1. The number of nitrogens with one attached hydrogen (secondary N) is 1. The molecule has 0 aromatic heterocycles. The van der Waals surface area contributed by atoms with Crippen LogP contribution in [-0.2, 0) is 11.2 Å². The average molecular weight is 257 g/mol. The van der Waals surface area contributed by atoms with Crippen LogP contribution >= 0.6 is 0 Å². The molecule has 1 heterocycles. The molecule has 1 aromatic rings. The molecule has 0 radical (unpaired) electrons. The molecule has 0 spiro atoms. The van der Waals surface area contributed by atoms with Crippen LogP contribution in [0.1, 0.15) is 36.3 Å². The van der Waals surface area contributed by atoms with Crippen molar-refractivity contribution in [2.75, 3.05) is 13.2 Å². The zero-order chi connectivity index (χ0) is 12.8. The fourth-order valence-corrected chi connectivity index (χ4v) is 3.17. The molecule has 2 fully saturated rings. The Kier molecular flexibility index (Phi) is 2.54. The number of hydrogen-bond acceptors (Lipinski definition) is 2. The first-order valence-electron chi connectivity index (χ1n) is 7.35. The van der Waals surface area contributed by atoms with Gasteiger partial charge in [-0.15, -0.1) is 0 Å². The minimum Gasteiger partial charge on any atom is -0.493 e. The summed E-state index contributed by atoms with van der Waals surface area (Å²) in [7, 11) is 0. The van der Waals surface area contributed by atoms with Crippen molar-refractivity contribution < 1.29 is 9.53 Å². The third kappa shape index (κ3) is 2.11. The van der Waals surface area contributed by atoms with Crippen molar-refractivity contribution in [2.45, 2.75) is 31.6 Å². The van der Waals surface area contributed by atoms with E-state index in [1.807, 2.05) is 0 Å². The Morgan fingerprint density at radius 2 is 2.26 bits per heavy atom. The topological polar surface area (TPSA) is 38.3 Å². The van der Waals surface area contributed by atoms with E-state index < -0.39 is 0 Å². The number of carbonyl (C=O) groups excluding carboxylic acids is 1. The summed E-state index contributed by atoms with van der Waals surface area (Å²) in [6.45, 7) is 1.67. The van der Waals surface area contributed by atoms with Crippen LogP contribution < -0.4 is 10.1 Å². The maximum atomic E-state index is 11.6. The molecule has 2 atom stereocenters. The van der Waals surface area contributed by atoms with E-state index in [2.05, 4.69) is 23.5 Å². The summed E-state index contributed by atoms with van der Waals surface area (Å²) in [5, 5.41) is 3.10. The average Bonchev–Trinajstić information content (AvgIpc) is 3.33. The van der Waals surface area contributed by atoms with E-state index in [1.165, 1.54) is 17.5 Å². The quantitative estimate of drug-likeness (QED) is 0.898. The predicted octanol–water partition coefficient (Wildman–Crippen LogP) is 2.25. The minimum absolute atomic E-state index is 0.271. The van der Waals surface area contributed by atoms with E-state index in [0.717, 1.165) is 38.2 Å². The lowest BCUT2D eigenvalue weighted by Crippen LogP contribution is -2.27. The Hall–Kier alpha value is -1.51. The van der Waals surface area contributed by atoms with E-state index in [9.17, 15) is 4.79 Å². The summed E-state index contributed by atoms with van der Waals surface area (Å²) in [5.41, 5.74) is 2.86. The first-order chi connectivity index (χ1) is 9.33. The van der Waals surface area contributed by atoms with E-state index >= 15 is 0 Å². The summed E-state index contributed by atoms with van der Waals surface area (Å²) in [5.74, 6) is 2.94. The second-order valence-electron chi connectivity index (χ2n) is 6.04. The van der Waals surface area contributed by atoms with Crippen LogP contribution in [0.5, 0.6) is 5.75 Å². The molecule has 1 N–H and O–H groups in total. The van der Waals surface area contributed by atoms with Crippen LogP contribution in [0.3, 0.4) is 0 Å². The van der Waals surface area contributed by atoms with Crippen molar-refractivity contribution in [3.63, 3.8) is 0 Å². The monoisotopic (exact) mass is 257 g/mol. The Balaban J connectivity index is 1.39. The molecule has 1 amide bonds. The van der Waals surface area contributed by atoms with Gasteiger partial charge in [0.15, 0.2) is 0 Å². The summed E-state index contributed by atoms with van der Waals surface area (Å²) in [6.07, 6.45) is 4.43. The fourth-order valence-electron chi connectivity index (χ4n) is 3.17. The molecule has 4 rings (SSSR count). The van der Waals surface area contributed by atoms with Crippen molar-refractivity contribution >= 4 is 5.91 Å². The van der Waals surface area contributed by atoms with Crippen LogP contribution in [0.2, 0.25) is 0 Å². The predicted molar refractivity (Wildman–Crippen MR) is 72.2 cm³/mol. The fraction of sp³-hybridized carbons (Fsp3) is 0.562. The van der Waals surface area contributed by atoms with Gasteiger partial charge in [0.25, 0.3) is 0 Å². The van der Waals surface area contributed by atoms with Gasteiger partial charge in [-0.05, 0) is 42.7 Å². The van der Waals surface area contributed by atoms with E-state index in [4.69, 9.17) is 4.74 Å². The van der Waals surface area contributed by atoms with Crippen molar-refractivity contribution in [3.8, 4) is 5.75 Å². The van der Waals surface area contributed by atoms with Gasteiger partial charge in [0.2, 0.25) is 5.91 Å². The standard InChI is InChI=1S/C16H19NO2/c18-16(10-4-5-10)17-9-11-8-14(11)12-2-1-3-15-13(12)6-7-19-15/h1-3,10-11,14H,4-9H2,(H,17,18)/t11-,14+/m0/s1. The Bertz CT molecular complexity index is 521. The van der Waals surface area contributed by atoms with E-state index in [1.54, 1.807) is 0 Å². The van der Waals surface area contributed by atoms with Gasteiger partial charge >= 0.3 is 0 Å². The van der Waals surface area contributed by atoms with Gasteiger partial charge in [-0.2, -0.15) is 0 Å². The zero-order valence-corrected chi connectivity index (χ0v) is 11.0. The molecule has 2 aliphatic carbocycles. The second kappa shape index (κ2) is 4.26. The van der Waals surface area contributed by atoms with Crippen LogP contribution in [0, 0.1) is 11.8 Å². The molecule has 1 aromatic carbocycles. The lowest BCUT2D eigenvalue weighted by atomic mass is 10.00. The maximum Gasteiger partial charge on any atom is 0.223 e. The highest BCUT2D eigenvalue weighted by atomic mass is 16.5. The Morgan fingerprint density at radius 3 is 3.11 bits per heavy atom. The number of carbonyl (C=O) groups is 1. The molecule has 2 saturated carbocycles. The molecule has 19 heavy (non-hydrogen) atoms. The van der Waals surface area contributed by atoms with Gasteiger partial charge in [0, 0.05) is 24.4 Å². The van der Waals surface area contributed by atoms with Crippen molar-refractivity contribution in [3.05, 3.63) is 29.3 Å². The van der Waals surface area contributed by atoms with Crippen LogP contribution in [0.15, 0.2) is 18.2 Å². The molecule has 0 unspecified atom stereocenters. The smallest absolute Gasteiger partial charge is 0.223 e. The molecule has 3 nitrogen and oxygen atoms in total. The van der Waals surface area contributed by atoms with Gasteiger partial charge in [0.05, 0.1) is 6.61 Å². The SMILES string of the molecule is O=C(NC[C@@H]1C[C@H]1c1cccc2c1CCO2)C1CC1. The molecular weight excluding hydrogens is 238 g/mol. The summed E-state index contributed by atoms with van der Waals surface area (Å²) in [6, 6.07) is 6.40. The van der Waals surface area contributed by atoms with Crippen LogP contribution in [0.4, 0.5) is 0 Å². The lowest BCUT2D eigenvalue weighted by molar-refractivity contribution is -0.122. The third-order valence-electron chi connectivity index (χ3n) is 4.59. The Morgan fingerprint density at radius 1 is 1.37 bits per heavy atom. The molecule has 100 valence electrons. The van der Waals surface area contributed by atoms with Crippen molar-refractivity contribution in [1.29, 1.82) is 0 Å². The second-order valence-corrected chi connectivity index (χ2v) is 6.04. The summed E-state index contributed by atoms with van der Waals surface area (Å²) in [4.78, 5) is 11.6. The molecule has 0 bridgehead atoms. The zero-order valence-electron chi connectivity index (χ0n) is 11.0. The molecule has 1 aliphatic heterocycles. The lowest BCUT2D eigenvalue weighted by Gasteiger charge is -2.07. The minimum atomic E-state index is 0.271. The molecule has 0 saturated heterocycles. The largest absolute Gasteiger partial charge is 0.493 e. The van der Waals surface area contributed by atoms with Gasteiger partial charge in [-0.3, -0.25) is 4.79 Å². The van der Waals surface area contributed by atoms with E-state index in [0.29, 0.717) is 17.8 Å².